The normalized spacial score (nSPS) is 22.4. The fourth-order valence-corrected chi connectivity index (χ4v) is 3.60. The molecule has 0 aliphatic carbocycles. The van der Waals surface area contributed by atoms with Crippen LogP contribution in [0.4, 0.5) is 13.2 Å². The number of terminal acetylenes is 1. The van der Waals surface area contributed by atoms with Crippen molar-refractivity contribution in [2.24, 2.45) is 5.92 Å². The third-order valence-corrected chi connectivity index (χ3v) is 5.09. The molecule has 2 aliphatic heterocycles. The number of carbonyl (C=O) groups excluding carboxylic acids is 1. The number of carboxylic acids is 1. The number of aliphatic carboxylic acids is 1. The first kappa shape index (κ1) is 23.7. The third kappa shape index (κ3) is 5.72. The lowest BCUT2D eigenvalue weighted by Crippen LogP contribution is -2.41. The molecule has 0 bridgehead atoms. The number of aromatic nitrogens is 3. The van der Waals surface area contributed by atoms with Crippen LogP contribution >= 0.6 is 0 Å². The van der Waals surface area contributed by atoms with Gasteiger partial charge in [0.25, 0.3) is 0 Å². The number of nitrogens with one attached hydrogen (secondary N) is 1. The highest BCUT2D eigenvalue weighted by Crippen LogP contribution is 2.27. The SMILES string of the molecule is C#C[C@@H]1CCCN1C(=O)[C@@H](C(C)C)n1cc([C@@H]2CCCN2)nn1.O=C(O)C(F)(F)F. The fraction of sp³-hybridized carbons (Fsp3) is 0.684. The monoisotopic (exact) mass is 429 g/mol. The minimum absolute atomic E-state index is 0.0660. The lowest BCUT2D eigenvalue weighted by Gasteiger charge is -2.28. The van der Waals surface area contributed by atoms with Gasteiger partial charge in [0, 0.05) is 6.54 Å². The molecule has 2 aliphatic rings. The Morgan fingerprint density at radius 2 is 2.00 bits per heavy atom. The Labute approximate surface area is 172 Å². The summed E-state index contributed by atoms with van der Waals surface area (Å²) in [5, 5.41) is 19.1. The molecule has 0 aromatic carbocycles. The van der Waals surface area contributed by atoms with Gasteiger partial charge < -0.3 is 15.3 Å². The molecule has 3 heterocycles. The van der Waals surface area contributed by atoms with E-state index in [4.69, 9.17) is 16.3 Å². The number of carbonyl (C=O) groups is 2. The zero-order chi connectivity index (χ0) is 22.5. The maximum atomic E-state index is 13.0. The zero-order valence-electron chi connectivity index (χ0n) is 16.9. The summed E-state index contributed by atoms with van der Waals surface area (Å²) in [7, 11) is 0. The van der Waals surface area contributed by atoms with Crippen molar-refractivity contribution in [3.05, 3.63) is 11.9 Å². The number of nitrogens with zero attached hydrogens (tertiary/aromatic N) is 4. The van der Waals surface area contributed by atoms with E-state index in [2.05, 4.69) is 21.5 Å². The number of amides is 1. The van der Waals surface area contributed by atoms with Gasteiger partial charge in [-0.25, -0.2) is 9.48 Å². The molecule has 0 unspecified atom stereocenters. The number of hydrogen-bond acceptors (Lipinski definition) is 5. The molecular formula is C19H26F3N5O3. The van der Waals surface area contributed by atoms with Gasteiger partial charge in [0.1, 0.15) is 6.04 Å². The van der Waals surface area contributed by atoms with Crippen molar-refractivity contribution >= 4 is 11.9 Å². The summed E-state index contributed by atoms with van der Waals surface area (Å²) in [4.78, 5) is 23.7. The first-order valence-corrected chi connectivity index (χ1v) is 9.78. The molecule has 1 amide bonds. The third-order valence-electron chi connectivity index (χ3n) is 5.09. The molecule has 2 fully saturated rings. The van der Waals surface area contributed by atoms with Crippen molar-refractivity contribution < 1.29 is 27.9 Å². The van der Waals surface area contributed by atoms with Crippen molar-refractivity contribution in [2.45, 2.75) is 63.8 Å². The van der Waals surface area contributed by atoms with Crippen LogP contribution in [-0.2, 0) is 9.59 Å². The molecule has 1 aromatic rings. The van der Waals surface area contributed by atoms with Gasteiger partial charge in [0.2, 0.25) is 5.91 Å². The number of likely N-dealkylation sites (tertiary alicyclic amines) is 1. The fourth-order valence-electron chi connectivity index (χ4n) is 3.60. The van der Waals surface area contributed by atoms with Crippen LogP contribution in [0.2, 0.25) is 0 Å². The van der Waals surface area contributed by atoms with Crippen LogP contribution in [0.3, 0.4) is 0 Å². The van der Waals surface area contributed by atoms with E-state index < -0.39 is 12.1 Å². The molecule has 11 heteroatoms. The van der Waals surface area contributed by atoms with Crippen molar-refractivity contribution in [2.75, 3.05) is 13.1 Å². The van der Waals surface area contributed by atoms with Gasteiger partial charge in [-0.3, -0.25) is 4.79 Å². The highest BCUT2D eigenvalue weighted by molar-refractivity contribution is 5.81. The Hall–Kier alpha value is -2.61. The Morgan fingerprint density at radius 1 is 1.33 bits per heavy atom. The van der Waals surface area contributed by atoms with E-state index in [1.165, 1.54) is 0 Å². The average molecular weight is 429 g/mol. The number of hydrogen-bond donors (Lipinski definition) is 2. The summed E-state index contributed by atoms with van der Waals surface area (Å²) >= 11 is 0. The summed E-state index contributed by atoms with van der Waals surface area (Å²) in [6.07, 6.45) is 6.51. The lowest BCUT2D eigenvalue weighted by molar-refractivity contribution is -0.192. The second-order valence-corrected chi connectivity index (χ2v) is 7.62. The van der Waals surface area contributed by atoms with E-state index in [1.807, 2.05) is 24.9 Å². The molecule has 8 nitrogen and oxygen atoms in total. The second-order valence-electron chi connectivity index (χ2n) is 7.62. The lowest BCUT2D eigenvalue weighted by atomic mass is 10.0. The first-order valence-electron chi connectivity index (χ1n) is 9.78. The molecule has 166 valence electrons. The smallest absolute Gasteiger partial charge is 0.475 e. The van der Waals surface area contributed by atoms with Gasteiger partial charge in [-0.2, -0.15) is 13.2 Å². The Kier molecular flexibility index (Phi) is 7.83. The minimum atomic E-state index is -5.08. The van der Waals surface area contributed by atoms with Gasteiger partial charge in [-0.1, -0.05) is 25.0 Å². The number of rotatable bonds is 4. The van der Waals surface area contributed by atoms with Crippen LogP contribution < -0.4 is 5.32 Å². The molecule has 1 aromatic heterocycles. The largest absolute Gasteiger partial charge is 0.490 e. The summed E-state index contributed by atoms with van der Waals surface area (Å²) in [6.45, 7) is 5.84. The first-order chi connectivity index (χ1) is 14.1. The number of halogens is 3. The van der Waals surface area contributed by atoms with Crippen LogP contribution in [0.1, 0.15) is 57.3 Å². The maximum absolute atomic E-state index is 13.0. The molecule has 0 saturated carbocycles. The quantitative estimate of drug-likeness (QED) is 0.712. The van der Waals surface area contributed by atoms with Crippen molar-refractivity contribution in [1.82, 2.24) is 25.2 Å². The van der Waals surface area contributed by atoms with Crippen LogP contribution in [0.25, 0.3) is 0 Å². The van der Waals surface area contributed by atoms with E-state index in [0.29, 0.717) is 0 Å². The Morgan fingerprint density at radius 3 is 2.50 bits per heavy atom. The number of alkyl halides is 3. The second kappa shape index (κ2) is 9.93. The predicted octanol–water partition coefficient (Wildman–Crippen LogP) is 2.16. The minimum Gasteiger partial charge on any atom is -0.475 e. The highest BCUT2D eigenvalue weighted by atomic mass is 19.4. The predicted molar refractivity (Wildman–Crippen MR) is 101 cm³/mol. The van der Waals surface area contributed by atoms with E-state index in [1.54, 1.807) is 4.68 Å². The van der Waals surface area contributed by atoms with Crippen LogP contribution in [0.5, 0.6) is 0 Å². The van der Waals surface area contributed by atoms with Crippen molar-refractivity contribution in [1.29, 1.82) is 0 Å². The standard InChI is InChI=1S/C17H25N5O.C2HF3O2/c1-4-13-7-6-10-21(13)17(23)16(12(2)3)22-11-15(19-20-22)14-8-5-9-18-14;3-2(4,5)1(6)7/h1,11-14,16,18H,5-10H2,2-3H3;(H,6,7)/t13-,14+,16-;/m1./s1. The molecule has 2 N–H and O–H groups in total. The molecule has 3 atom stereocenters. The summed E-state index contributed by atoms with van der Waals surface area (Å²) in [6, 6.07) is -0.160. The molecular weight excluding hydrogens is 403 g/mol. The number of carboxylic acid groups (broad SMARTS) is 1. The highest BCUT2D eigenvalue weighted by Gasteiger charge is 2.38. The van der Waals surface area contributed by atoms with Gasteiger partial charge in [0.15, 0.2) is 0 Å². The topological polar surface area (TPSA) is 100 Å². The summed E-state index contributed by atoms with van der Waals surface area (Å²) < 4.78 is 33.5. The average Bonchev–Trinajstić information content (AvgIpc) is 3.41. The summed E-state index contributed by atoms with van der Waals surface area (Å²) in [5.41, 5.74) is 0.927. The molecule has 0 radical (unpaired) electrons. The van der Waals surface area contributed by atoms with Crippen LogP contribution in [0.15, 0.2) is 6.20 Å². The van der Waals surface area contributed by atoms with E-state index >= 15 is 0 Å². The van der Waals surface area contributed by atoms with Gasteiger partial charge in [0.05, 0.1) is 24.0 Å². The van der Waals surface area contributed by atoms with E-state index in [9.17, 15) is 18.0 Å². The van der Waals surface area contributed by atoms with Crippen molar-refractivity contribution in [3.63, 3.8) is 0 Å². The van der Waals surface area contributed by atoms with Gasteiger partial charge in [-0.05, 0) is 38.1 Å². The Bertz CT molecular complexity index is 781. The molecule has 0 spiro atoms. The molecule has 30 heavy (non-hydrogen) atoms. The van der Waals surface area contributed by atoms with Crippen molar-refractivity contribution in [3.8, 4) is 12.3 Å². The molecule has 2 saturated heterocycles. The zero-order valence-corrected chi connectivity index (χ0v) is 16.9. The van der Waals surface area contributed by atoms with E-state index in [0.717, 1.165) is 44.5 Å². The summed E-state index contributed by atoms with van der Waals surface area (Å²) in [5.74, 6) is 0.181. The van der Waals surface area contributed by atoms with Gasteiger partial charge >= 0.3 is 12.1 Å². The van der Waals surface area contributed by atoms with Gasteiger partial charge in [-0.15, -0.1) is 11.5 Å². The Balaban J connectivity index is 0.000000396. The maximum Gasteiger partial charge on any atom is 0.490 e. The van der Waals surface area contributed by atoms with Crippen LogP contribution in [0, 0.1) is 18.3 Å². The van der Waals surface area contributed by atoms with Crippen LogP contribution in [-0.4, -0.2) is 62.2 Å². The molecule has 3 rings (SSSR count). The van der Waals surface area contributed by atoms with E-state index in [-0.39, 0.29) is 30.0 Å².